The van der Waals surface area contributed by atoms with Crippen molar-refractivity contribution in [3.05, 3.63) is 0 Å². The van der Waals surface area contributed by atoms with Crippen molar-refractivity contribution in [2.24, 2.45) is 0 Å². The molecule has 1 atom stereocenters. The maximum absolute atomic E-state index is 10.6. The maximum Gasteiger partial charge on any atom is 0.233 e. The Morgan fingerprint density at radius 2 is 2.22 bits per heavy atom. The Hall–Kier alpha value is 0.240. The number of alkyl halides is 1. The molecule has 0 spiro atoms. The van der Waals surface area contributed by atoms with E-state index in [2.05, 4.69) is 21.2 Å². The molecule has 0 heterocycles. The van der Waals surface area contributed by atoms with E-state index in [9.17, 15) is 4.79 Å². The number of carbonyl (C=O) groups excluding carboxylic acids is 1. The lowest BCUT2D eigenvalue weighted by atomic mass is 10.3. The van der Waals surface area contributed by atoms with Gasteiger partial charge in [0.25, 0.3) is 0 Å². The Morgan fingerprint density at radius 3 is 2.33 bits per heavy atom. The molecule has 0 aliphatic rings. The van der Waals surface area contributed by atoms with Crippen LogP contribution in [-0.4, -0.2) is 17.8 Å². The van der Waals surface area contributed by atoms with Gasteiger partial charge in [-0.15, -0.1) is 12.4 Å². The zero-order valence-electron chi connectivity index (χ0n) is 5.48. The SMILES string of the molecule is CCC(Br)C(=O)NC.Cl. The standard InChI is InChI=1S/C5H10BrNO.ClH/c1-3-4(6)5(8)7-2;/h4H,3H2,1-2H3,(H,7,8);1H. The summed E-state index contributed by atoms with van der Waals surface area (Å²) in [6.07, 6.45) is 0.833. The molecule has 1 N–H and O–H groups in total. The Morgan fingerprint density at radius 1 is 1.78 bits per heavy atom. The summed E-state index contributed by atoms with van der Waals surface area (Å²) in [5.41, 5.74) is 0. The number of halogens is 2. The lowest BCUT2D eigenvalue weighted by Crippen LogP contribution is -2.26. The monoisotopic (exact) mass is 215 g/mol. The normalized spacial score (nSPS) is 11.4. The van der Waals surface area contributed by atoms with Crippen molar-refractivity contribution >= 4 is 34.2 Å². The third-order valence-electron chi connectivity index (χ3n) is 0.889. The second-order valence-corrected chi connectivity index (χ2v) is 2.60. The van der Waals surface area contributed by atoms with Crippen molar-refractivity contribution in [3.63, 3.8) is 0 Å². The van der Waals surface area contributed by atoms with Crippen LogP contribution in [0, 0.1) is 0 Å². The molecular formula is C5H11BrClNO. The molecule has 56 valence electrons. The van der Waals surface area contributed by atoms with Crippen molar-refractivity contribution in [2.45, 2.75) is 18.2 Å². The third-order valence-corrected chi connectivity index (χ3v) is 1.95. The first-order chi connectivity index (χ1) is 3.72. The minimum Gasteiger partial charge on any atom is -0.358 e. The number of amides is 1. The molecule has 0 aliphatic carbocycles. The van der Waals surface area contributed by atoms with Gasteiger partial charge in [0.15, 0.2) is 0 Å². The topological polar surface area (TPSA) is 29.1 Å². The lowest BCUT2D eigenvalue weighted by Gasteiger charge is -2.01. The number of nitrogens with one attached hydrogen (secondary N) is 1. The first-order valence-electron chi connectivity index (χ1n) is 2.58. The summed E-state index contributed by atoms with van der Waals surface area (Å²) in [4.78, 5) is 10.6. The summed E-state index contributed by atoms with van der Waals surface area (Å²) in [5, 5.41) is 2.53. The highest BCUT2D eigenvalue weighted by molar-refractivity contribution is 9.10. The molecule has 0 saturated heterocycles. The van der Waals surface area contributed by atoms with Crippen LogP contribution in [0.15, 0.2) is 0 Å². The van der Waals surface area contributed by atoms with E-state index < -0.39 is 0 Å². The van der Waals surface area contributed by atoms with Crippen molar-refractivity contribution in [1.29, 1.82) is 0 Å². The van der Waals surface area contributed by atoms with Gasteiger partial charge in [0, 0.05) is 7.05 Å². The molecule has 0 saturated carbocycles. The highest BCUT2D eigenvalue weighted by Crippen LogP contribution is 2.02. The molecule has 0 aromatic heterocycles. The quantitative estimate of drug-likeness (QED) is 0.693. The highest BCUT2D eigenvalue weighted by Gasteiger charge is 2.07. The molecule has 0 fully saturated rings. The van der Waals surface area contributed by atoms with Gasteiger partial charge in [-0.25, -0.2) is 0 Å². The molecule has 0 aromatic carbocycles. The first-order valence-corrected chi connectivity index (χ1v) is 3.49. The van der Waals surface area contributed by atoms with Gasteiger partial charge in [0.05, 0.1) is 4.83 Å². The summed E-state index contributed by atoms with van der Waals surface area (Å²) < 4.78 is 0. The van der Waals surface area contributed by atoms with Crippen LogP contribution in [0.2, 0.25) is 0 Å². The summed E-state index contributed by atoms with van der Waals surface area (Å²) >= 11 is 3.19. The highest BCUT2D eigenvalue weighted by atomic mass is 79.9. The Balaban J connectivity index is 0. The van der Waals surface area contributed by atoms with Crippen LogP contribution in [-0.2, 0) is 4.79 Å². The Kier molecular flexibility index (Phi) is 8.46. The average molecular weight is 217 g/mol. The van der Waals surface area contributed by atoms with Gasteiger partial charge in [-0.05, 0) is 6.42 Å². The third kappa shape index (κ3) is 4.73. The molecule has 2 nitrogen and oxygen atoms in total. The first kappa shape index (κ1) is 12.0. The van der Waals surface area contributed by atoms with Crippen LogP contribution in [0.25, 0.3) is 0 Å². The fourth-order valence-electron chi connectivity index (χ4n) is 0.342. The van der Waals surface area contributed by atoms with E-state index in [0.29, 0.717) is 0 Å². The van der Waals surface area contributed by atoms with Crippen molar-refractivity contribution in [3.8, 4) is 0 Å². The van der Waals surface area contributed by atoms with Crippen LogP contribution in [0.3, 0.4) is 0 Å². The second-order valence-electron chi connectivity index (χ2n) is 1.49. The Labute approximate surface area is 69.9 Å². The minimum atomic E-state index is -0.0208. The molecule has 0 aliphatic heterocycles. The second kappa shape index (κ2) is 6.36. The largest absolute Gasteiger partial charge is 0.358 e. The maximum atomic E-state index is 10.6. The molecular weight excluding hydrogens is 205 g/mol. The van der Waals surface area contributed by atoms with Crippen LogP contribution in [0.1, 0.15) is 13.3 Å². The van der Waals surface area contributed by atoms with E-state index in [1.807, 2.05) is 6.92 Å². The van der Waals surface area contributed by atoms with Crippen molar-refractivity contribution in [1.82, 2.24) is 5.32 Å². The summed E-state index contributed by atoms with van der Waals surface area (Å²) in [5.74, 6) is 0.0486. The van der Waals surface area contributed by atoms with Gasteiger partial charge in [-0.1, -0.05) is 22.9 Å². The average Bonchev–Trinajstić information content (AvgIpc) is 1.84. The van der Waals surface area contributed by atoms with Gasteiger partial charge in [0.2, 0.25) is 5.91 Å². The van der Waals surface area contributed by atoms with Gasteiger partial charge >= 0.3 is 0 Å². The number of carbonyl (C=O) groups is 1. The predicted octanol–water partition coefficient (Wildman–Crippen LogP) is 1.33. The molecule has 0 bridgehead atoms. The summed E-state index contributed by atoms with van der Waals surface area (Å²) in [7, 11) is 1.63. The van der Waals surface area contributed by atoms with Crippen LogP contribution in [0.5, 0.6) is 0 Å². The fourth-order valence-corrected chi connectivity index (χ4v) is 0.571. The van der Waals surface area contributed by atoms with Crippen LogP contribution in [0.4, 0.5) is 0 Å². The summed E-state index contributed by atoms with van der Waals surface area (Å²) in [6.45, 7) is 1.95. The molecule has 0 radical (unpaired) electrons. The molecule has 0 rings (SSSR count). The molecule has 1 unspecified atom stereocenters. The van der Waals surface area contributed by atoms with Crippen molar-refractivity contribution < 1.29 is 4.79 Å². The minimum absolute atomic E-state index is 0. The fraction of sp³-hybridized carbons (Fsp3) is 0.800. The number of hydrogen-bond acceptors (Lipinski definition) is 1. The number of hydrogen-bond donors (Lipinski definition) is 1. The van der Waals surface area contributed by atoms with Crippen molar-refractivity contribution in [2.75, 3.05) is 7.05 Å². The van der Waals surface area contributed by atoms with Crippen LogP contribution < -0.4 is 5.32 Å². The van der Waals surface area contributed by atoms with E-state index >= 15 is 0 Å². The van der Waals surface area contributed by atoms with Gasteiger partial charge in [0.1, 0.15) is 0 Å². The predicted molar refractivity (Wildman–Crippen MR) is 44.3 cm³/mol. The van der Waals surface area contributed by atoms with E-state index in [1.165, 1.54) is 0 Å². The molecule has 4 heteroatoms. The van der Waals surface area contributed by atoms with E-state index in [1.54, 1.807) is 7.05 Å². The molecule has 0 aromatic rings. The number of rotatable bonds is 2. The van der Waals surface area contributed by atoms with Crippen LogP contribution >= 0.6 is 28.3 Å². The lowest BCUT2D eigenvalue weighted by molar-refractivity contribution is -0.119. The van der Waals surface area contributed by atoms with E-state index in [-0.39, 0.29) is 23.1 Å². The molecule has 9 heavy (non-hydrogen) atoms. The van der Waals surface area contributed by atoms with Gasteiger partial charge in [-0.3, -0.25) is 4.79 Å². The molecule has 1 amide bonds. The summed E-state index contributed by atoms with van der Waals surface area (Å²) in [6, 6.07) is 0. The smallest absolute Gasteiger partial charge is 0.233 e. The van der Waals surface area contributed by atoms with E-state index in [4.69, 9.17) is 0 Å². The zero-order chi connectivity index (χ0) is 6.57. The zero-order valence-corrected chi connectivity index (χ0v) is 7.88. The van der Waals surface area contributed by atoms with E-state index in [0.717, 1.165) is 6.42 Å². The Bertz CT molecular complexity index is 89.0. The van der Waals surface area contributed by atoms with Gasteiger partial charge in [-0.2, -0.15) is 0 Å². The van der Waals surface area contributed by atoms with Gasteiger partial charge < -0.3 is 5.32 Å².